The van der Waals surface area contributed by atoms with E-state index in [0.29, 0.717) is 30.1 Å². The summed E-state index contributed by atoms with van der Waals surface area (Å²) in [4.78, 5) is 27.1. The Labute approximate surface area is 168 Å². The van der Waals surface area contributed by atoms with Gasteiger partial charge < -0.3 is 9.84 Å². The third kappa shape index (κ3) is 5.25. The fraction of sp³-hybridized carbons (Fsp3) is 0.286. The lowest BCUT2D eigenvalue weighted by molar-refractivity contribution is -0.384. The molecule has 29 heavy (non-hydrogen) atoms. The number of hydrogen-bond donors (Lipinski definition) is 1. The number of benzene rings is 2. The highest BCUT2D eigenvalue weighted by molar-refractivity contribution is 5.76. The van der Waals surface area contributed by atoms with Gasteiger partial charge in [-0.05, 0) is 30.0 Å². The monoisotopic (exact) mass is 394 g/mol. The van der Waals surface area contributed by atoms with Crippen LogP contribution in [0.15, 0.2) is 59.1 Å². The van der Waals surface area contributed by atoms with Crippen LogP contribution in [0.3, 0.4) is 0 Å². The number of amides is 1. The second-order valence-electron chi connectivity index (χ2n) is 7.04. The fourth-order valence-corrected chi connectivity index (χ4v) is 2.87. The second kappa shape index (κ2) is 9.09. The normalized spacial score (nSPS) is 12.0. The molecular weight excluding hydrogens is 372 g/mol. The molecule has 1 amide bonds. The number of nitrogens with one attached hydrogen (secondary N) is 1. The highest BCUT2D eigenvalue weighted by atomic mass is 16.6. The van der Waals surface area contributed by atoms with E-state index in [-0.39, 0.29) is 17.5 Å². The summed E-state index contributed by atoms with van der Waals surface area (Å²) < 4.78 is 5.37. The number of nitro groups is 1. The number of carbonyl (C=O) groups is 1. The van der Waals surface area contributed by atoms with Crippen LogP contribution in [0.4, 0.5) is 5.69 Å². The van der Waals surface area contributed by atoms with Crippen molar-refractivity contribution in [3.05, 3.63) is 76.2 Å². The van der Waals surface area contributed by atoms with Crippen molar-refractivity contribution in [1.82, 2.24) is 15.5 Å². The number of nitro benzene ring substituents is 1. The Balaban J connectivity index is 1.67. The minimum absolute atomic E-state index is 0.0109. The smallest absolute Gasteiger partial charge is 0.269 e. The van der Waals surface area contributed by atoms with E-state index in [1.54, 1.807) is 12.1 Å². The van der Waals surface area contributed by atoms with Crippen molar-refractivity contribution < 1.29 is 14.2 Å². The summed E-state index contributed by atoms with van der Waals surface area (Å²) in [6, 6.07) is 15.3. The molecule has 0 fully saturated rings. The maximum absolute atomic E-state index is 12.4. The van der Waals surface area contributed by atoms with Crippen LogP contribution in [0.5, 0.6) is 0 Å². The molecule has 1 aromatic heterocycles. The number of aromatic nitrogens is 2. The van der Waals surface area contributed by atoms with Crippen LogP contribution >= 0.6 is 0 Å². The number of hydrogen-bond acceptors (Lipinski definition) is 6. The third-order valence-electron chi connectivity index (χ3n) is 4.51. The molecule has 0 aliphatic carbocycles. The van der Waals surface area contributed by atoms with Gasteiger partial charge in [-0.3, -0.25) is 14.9 Å². The van der Waals surface area contributed by atoms with Crippen LogP contribution in [-0.4, -0.2) is 21.0 Å². The highest BCUT2D eigenvalue weighted by Crippen LogP contribution is 2.25. The van der Waals surface area contributed by atoms with Crippen LogP contribution in [0.2, 0.25) is 0 Å². The van der Waals surface area contributed by atoms with Gasteiger partial charge in [0.25, 0.3) is 5.69 Å². The zero-order chi connectivity index (χ0) is 20.8. The van der Waals surface area contributed by atoms with Crippen LogP contribution in [0.25, 0.3) is 11.4 Å². The molecule has 3 aromatic rings. The van der Waals surface area contributed by atoms with Gasteiger partial charge in [0.2, 0.25) is 17.6 Å². The molecule has 8 heteroatoms. The molecule has 1 atom stereocenters. The number of non-ortho nitro benzene ring substituents is 1. The molecule has 0 spiro atoms. The van der Waals surface area contributed by atoms with Crippen LogP contribution in [0, 0.1) is 16.0 Å². The van der Waals surface area contributed by atoms with Gasteiger partial charge in [-0.2, -0.15) is 4.98 Å². The minimum atomic E-state index is -0.467. The third-order valence-corrected chi connectivity index (χ3v) is 4.51. The summed E-state index contributed by atoms with van der Waals surface area (Å²) in [5, 5.41) is 17.7. The van der Waals surface area contributed by atoms with Gasteiger partial charge in [0.05, 0.1) is 4.92 Å². The predicted octanol–water partition coefficient (Wildman–Crippen LogP) is 4.09. The standard InChI is InChI=1S/C21H22N4O4/c1-14(2)19(22-18(26)13-8-15-6-4-3-5-7-15)21-23-20(24-29-21)16-9-11-17(12-10-16)25(27)28/h3-7,9-12,14,19H,8,13H2,1-2H3,(H,22,26)/t19-/m0/s1. The molecule has 1 N–H and O–H groups in total. The summed E-state index contributed by atoms with van der Waals surface area (Å²) in [5.74, 6) is 0.573. The summed E-state index contributed by atoms with van der Waals surface area (Å²) in [5.41, 5.74) is 1.69. The molecule has 0 saturated heterocycles. The molecule has 3 rings (SSSR count). The zero-order valence-electron chi connectivity index (χ0n) is 16.2. The molecule has 0 bridgehead atoms. The Bertz CT molecular complexity index is 968. The van der Waals surface area contributed by atoms with Crippen molar-refractivity contribution in [2.75, 3.05) is 0 Å². The van der Waals surface area contributed by atoms with Crippen molar-refractivity contribution in [3.8, 4) is 11.4 Å². The molecular formula is C21H22N4O4. The van der Waals surface area contributed by atoms with Gasteiger partial charge in [0.15, 0.2) is 0 Å². The Hall–Kier alpha value is -3.55. The first kappa shape index (κ1) is 20.2. The maximum atomic E-state index is 12.4. The van der Waals surface area contributed by atoms with E-state index in [1.807, 2.05) is 44.2 Å². The first-order valence-corrected chi connectivity index (χ1v) is 9.35. The minimum Gasteiger partial charge on any atom is -0.344 e. The summed E-state index contributed by atoms with van der Waals surface area (Å²) in [6.07, 6.45) is 1.01. The van der Waals surface area contributed by atoms with Gasteiger partial charge in [-0.1, -0.05) is 49.3 Å². The van der Waals surface area contributed by atoms with E-state index in [9.17, 15) is 14.9 Å². The quantitative estimate of drug-likeness (QED) is 0.455. The fourth-order valence-electron chi connectivity index (χ4n) is 2.87. The van der Waals surface area contributed by atoms with Crippen LogP contribution < -0.4 is 5.32 Å². The molecule has 0 radical (unpaired) electrons. The average Bonchev–Trinajstić information content (AvgIpc) is 3.21. The maximum Gasteiger partial charge on any atom is 0.269 e. The molecule has 150 valence electrons. The van der Waals surface area contributed by atoms with Gasteiger partial charge in [-0.25, -0.2) is 0 Å². The first-order valence-electron chi connectivity index (χ1n) is 9.35. The predicted molar refractivity (Wildman–Crippen MR) is 107 cm³/mol. The van der Waals surface area contributed by atoms with Gasteiger partial charge in [0.1, 0.15) is 6.04 Å². The van der Waals surface area contributed by atoms with Crippen molar-refractivity contribution in [2.45, 2.75) is 32.7 Å². The Morgan fingerprint density at radius 2 is 1.83 bits per heavy atom. The topological polar surface area (TPSA) is 111 Å². The molecule has 1 heterocycles. The van der Waals surface area contributed by atoms with E-state index in [4.69, 9.17) is 4.52 Å². The lowest BCUT2D eigenvalue weighted by Crippen LogP contribution is -2.32. The average molecular weight is 394 g/mol. The summed E-state index contributed by atoms with van der Waals surface area (Å²) in [7, 11) is 0. The SMILES string of the molecule is CC(C)[C@H](NC(=O)CCc1ccccc1)c1nc(-c2ccc([N+](=O)[O-])cc2)no1. The molecule has 0 saturated carbocycles. The Morgan fingerprint density at radius 1 is 1.14 bits per heavy atom. The van der Waals surface area contributed by atoms with E-state index in [0.717, 1.165) is 5.56 Å². The van der Waals surface area contributed by atoms with Crippen molar-refractivity contribution in [3.63, 3.8) is 0 Å². The number of nitrogens with zero attached hydrogens (tertiary/aromatic N) is 3. The first-order chi connectivity index (χ1) is 13.9. The number of rotatable bonds is 8. The molecule has 2 aromatic carbocycles. The number of carbonyl (C=O) groups excluding carboxylic acids is 1. The highest BCUT2D eigenvalue weighted by Gasteiger charge is 2.25. The largest absolute Gasteiger partial charge is 0.344 e. The molecule has 0 aliphatic rings. The Morgan fingerprint density at radius 3 is 2.45 bits per heavy atom. The van der Waals surface area contributed by atoms with Gasteiger partial charge >= 0.3 is 0 Å². The molecule has 8 nitrogen and oxygen atoms in total. The van der Waals surface area contributed by atoms with E-state index in [2.05, 4.69) is 15.5 Å². The zero-order valence-corrected chi connectivity index (χ0v) is 16.2. The molecule has 0 aliphatic heterocycles. The van der Waals surface area contributed by atoms with E-state index < -0.39 is 11.0 Å². The van der Waals surface area contributed by atoms with E-state index >= 15 is 0 Å². The number of aryl methyl sites for hydroxylation is 1. The molecule has 0 unspecified atom stereocenters. The lowest BCUT2D eigenvalue weighted by Gasteiger charge is -2.18. The summed E-state index contributed by atoms with van der Waals surface area (Å²) in [6.45, 7) is 3.91. The van der Waals surface area contributed by atoms with Crippen molar-refractivity contribution in [1.29, 1.82) is 0 Å². The summed E-state index contributed by atoms with van der Waals surface area (Å²) >= 11 is 0. The second-order valence-corrected chi connectivity index (χ2v) is 7.04. The van der Waals surface area contributed by atoms with Gasteiger partial charge in [-0.15, -0.1) is 0 Å². The van der Waals surface area contributed by atoms with Gasteiger partial charge in [0, 0.05) is 24.1 Å². The van der Waals surface area contributed by atoms with Crippen LogP contribution in [-0.2, 0) is 11.2 Å². The van der Waals surface area contributed by atoms with E-state index in [1.165, 1.54) is 12.1 Å². The Kier molecular flexibility index (Phi) is 6.33. The van der Waals surface area contributed by atoms with Crippen molar-refractivity contribution in [2.24, 2.45) is 5.92 Å². The van der Waals surface area contributed by atoms with Crippen molar-refractivity contribution >= 4 is 11.6 Å². The lowest BCUT2D eigenvalue weighted by atomic mass is 10.0. The van der Waals surface area contributed by atoms with Crippen LogP contribution in [0.1, 0.15) is 37.8 Å².